The molecule has 0 aliphatic heterocycles. The first-order chi connectivity index (χ1) is 7.75. The van der Waals surface area contributed by atoms with E-state index in [2.05, 4.69) is 10.4 Å². The minimum atomic E-state index is -0.612. The van der Waals surface area contributed by atoms with Crippen molar-refractivity contribution < 1.29 is 9.52 Å². The van der Waals surface area contributed by atoms with Crippen LogP contribution in [0.25, 0.3) is 0 Å². The molecule has 0 saturated heterocycles. The second-order valence-electron chi connectivity index (χ2n) is 3.64. The Morgan fingerprint density at radius 3 is 3.06 bits per heavy atom. The van der Waals surface area contributed by atoms with E-state index in [1.807, 2.05) is 19.3 Å². The number of nitrogens with one attached hydrogen (secondary N) is 1. The summed E-state index contributed by atoms with van der Waals surface area (Å²) in [6.07, 6.45) is 2.83. The van der Waals surface area contributed by atoms with E-state index >= 15 is 0 Å². The van der Waals surface area contributed by atoms with Crippen LogP contribution in [-0.4, -0.2) is 21.4 Å². The molecule has 0 aliphatic carbocycles. The van der Waals surface area contributed by atoms with Gasteiger partial charge in [-0.3, -0.25) is 4.68 Å². The molecule has 0 bridgehead atoms. The van der Waals surface area contributed by atoms with Crippen LogP contribution in [0.1, 0.15) is 17.6 Å². The van der Waals surface area contributed by atoms with Crippen LogP contribution in [0.4, 0.5) is 0 Å². The average molecular weight is 221 g/mol. The van der Waals surface area contributed by atoms with Gasteiger partial charge in [0.15, 0.2) is 0 Å². The van der Waals surface area contributed by atoms with Gasteiger partial charge in [-0.1, -0.05) is 0 Å². The lowest BCUT2D eigenvalue weighted by atomic mass is 10.2. The summed E-state index contributed by atoms with van der Waals surface area (Å²) in [6.45, 7) is 1.09. The normalized spacial score (nSPS) is 12.9. The lowest BCUT2D eigenvalue weighted by Gasteiger charge is -2.07. The van der Waals surface area contributed by atoms with Gasteiger partial charge in [0.05, 0.1) is 12.0 Å². The summed E-state index contributed by atoms with van der Waals surface area (Å²) < 4.78 is 6.84. The van der Waals surface area contributed by atoms with Crippen molar-refractivity contribution in [1.29, 1.82) is 0 Å². The molecule has 0 fully saturated rings. The predicted molar refractivity (Wildman–Crippen MR) is 58.6 cm³/mol. The van der Waals surface area contributed by atoms with Gasteiger partial charge in [-0.25, -0.2) is 0 Å². The molecule has 2 aromatic heterocycles. The number of aliphatic hydroxyl groups excluding tert-OH is 1. The van der Waals surface area contributed by atoms with Gasteiger partial charge in [0.1, 0.15) is 11.9 Å². The Labute approximate surface area is 93.7 Å². The third-order valence-corrected chi connectivity index (χ3v) is 2.28. The molecule has 2 heterocycles. The van der Waals surface area contributed by atoms with Crippen molar-refractivity contribution in [3.05, 3.63) is 42.1 Å². The third kappa shape index (κ3) is 2.71. The SMILES string of the molecule is Cn1ccc(CNCC(O)c2ccco2)n1. The Hall–Kier alpha value is -1.59. The van der Waals surface area contributed by atoms with Crippen LogP contribution in [0.3, 0.4) is 0 Å². The molecule has 0 radical (unpaired) electrons. The zero-order chi connectivity index (χ0) is 11.4. The largest absolute Gasteiger partial charge is 0.467 e. The number of aliphatic hydroxyl groups is 1. The molecule has 0 aliphatic rings. The number of furan rings is 1. The highest BCUT2D eigenvalue weighted by Gasteiger charge is 2.09. The van der Waals surface area contributed by atoms with E-state index in [1.165, 1.54) is 0 Å². The number of hydrogen-bond acceptors (Lipinski definition) is 4. The summed E-state index contributed by atoms with van der Waals surface area (Å²) in [7, 11) is 1.88. The minimum absolute atomic E-state index is 0.448. The quantitative estimate of drug-likeness (QED) is 0.785. The van der Waals surface area contributed by atoms with Crippen LogP contribution in [0.5, 0.6) is 0 Å². The van der Waals surface area contributed by atoms with E-state index in [-0.39, 0.29) is 0 Å². The van der Waals surface area contributed by atoms with Crippen molar-refractivity contribution in [3.8, 4) is 0 Å². The van der Waals surface area contributed by atoms with Crippen LogP contribution in [0, 0.1) is 0 Å². The summed E-state index contributed by atoms with van der Waals surface area (Å²) >= 11 is 0. The van der Waals surface area contributed by atoms with Crippen molar-refractivity contribution in [3.63, 3.8) is 0 Å². The molecule has 5 heteroatoms. The summed E-state index contributed by atoms with van der Waals surface area (Å²) in [5.74, 6) is 0.577. The van der Waals surface area contributed by atoms with E-state index in [1.54, 1.807) is 23.1 Å². The van der Waals surface area contributed by atoms with E-state index in [4.69, 9.17) is 4.42 Å². The standard InChI is InChI=1S/C11H15N3O2/c1-14-5-4-9(13-14)7-12-8-10(15)11-3-2-6-16-11/h2-6,10,12,15H,7-8H2,1H3. The van der Waals surface area contributed by atoms with Crippen molar-refractivity contribution in [1.82, 2.24) is 15.1 Å². The maximum Gasteiger partial charge on any atom is 0.133 e. The summed E-state index contributed by atoms with van der Waals surface area (Å²) in [6, 6.07) is 5.46. The molecule has 86 valence electrons. The molecule has 0 spiro atoms. The first-order valence-corrected chi connectivity index (χ1v) is 5.16. The zero-order valence-corrected chi connectivity index (χ0v) is 9.13. The van der Waals surface area contributed by atoms with Gasteiger partial charge >= 0.3 is 0 Å². The molecule has 2 rings (SSSR count). The van der Waals surface area contributed by atoms with E-state index in [9.17, 15) is 5.11 Å². The van der Waals surface area contributed by atoms with E-state index in [0.29, 0.717) is 18.8 Å². The van der Waals surface area contributed by atoms with Crippen LogP contribution < -0.4 is 5.32 Å². The maximum absolute atomic E-state index is 9.71. The Balaban J connectivity index is 1.76. The van der Waals surface area contributed by atoms with Crippen molar-refractivity contribution in [2.45, 2.75) is 12.6 Å². The van der Waals surface area contributed by atoms with E-state index < -0.39 is 6.10 Å². The van der Waals surface area contributed by atoms with Gasteiger partial charge in [0.2, 0.25) is 0 Å². The minimum Gasteiger partial charge on any atom is -0.467 e. The monoisotopic (exact) mass is 221 g/mol. The van der Waals surface area contributed by atoms with E-state index in [0.717, 1.165) is 5.69 Å². The fourth-order valence-electron chi connectivity index (χ4n) is 1.48. The Bertz CT molecular complexity index is 422. The molecule has 2 N–H and O–H groups in total. The first-order valence-electron chi connectivity index (χ1n) is 5.16. The summed E-state index contributed by atoms with van der Waals surface area (Å²) in [4.78, 5) is 0. The van der Waals surface area contributed by atoms with Gasteiger partial charge in [-0.2, -0.15) is 5.10 Å². The number of aryl methyl sites for hydroxylation is 1. The molecular weight excluding hydrogens is 206 g/mol. The smallest absolute Gasteiger partial charge is 0.133 e. The molecule has 5 nitrogen and oxygen atoms in total. The van der Waals surface area contributed by atoms with Gasteiger partial charge < -0.3 is 14.8 Å². The van der Waals surface area contributed by atoms with Crippen molar-refractivity contribution >= 4 is 0 Å². The fourth-order valence-corrected chi connectivity index (χ4v) is 1.48. The van der Waals surface area contributed by atoms with Crippen LogP contribution in [-0.2, 0) is 13.6 Å². The third-order valence-electron chi connectivity index (χ3n) is 2.28. The highest BCUT2D eigenvalue weighted by atomic mass is 16.4. The topological polar surface area (TPSA) is 63.2 Å². The highest BCUT2D eigenvalue weighted by Crippen LogP contribution is 2.11. The fraction of sp³-hybridized carbons (Fsp3) is 0.364. The first kappa shape index (κ1) is 10.9. The van der Waals surface area contributed by atoms with Crippen LogP contribution in [0.2, 0.25) is 0 Å². The molecule has 1 unspecified atom stereocenters. The number of nitrogens with zero attached hydrogens (tertiary/aromatic N) is 2. The molecule has 2 aromatic rings. The van der Waals surface area contributed by atoms with Crippen LogP contribution in [0.15, 0.2) is 35.1 Å². The Kier molecular flexibility index (Phi) is 3.38. The number of rotatable bonds is 5. The zero-order valence-electron chi connectivity index (χ0n) is 9.13. The van der Waals surface area contributed by atoms with Gasteiger partial charge in [0.25, 0.3) is 0 Å². The molecular formula is C11H15N3O2. The number of hydrogen-bond donors (Lipinski definition) is 2. The summed E-state index contributed by atoms with van der Waals surface area (Å²) in [5, 5.41) is 17.0. The van der Waals surface area contributed by atoms with Gasteiger partial charge in [-0.15, -0.1) is 0 Å². The highest BCUT2D eigenvalue weighted by molar-refractivity contribution is 5.03. The molecule has 0 amide bonds. The number of aromatic nitrogens is 2. The maximum atomic E-state index is 9.71. The Morgan fingerprint density at radius 1 is 1.56 bits per heavy atom. The second kappa shape index (κ2) is 4.96. The predicted octanol–water partition coefficient (Wildman–Crippen LogP) is 0.836. The van der Waals surface area contributed by atoms with Gasteiger partial charge in [0, 0.05) is 26.3 Å². The van der Waals surface area contributed by atoms with Gasteiger partial charge in [-0.05, 0) is 18.2 Å². The summed E-state index contributed by atoms with van der Waals surface area (Å²) in [5.41, 5.74) is 0.953. The lowest BCUT2D eigenvalue weighted by molar-refractivity contribution is 0.147. The molecule has 1 atom stereocenters. The second-order valence-corrected chi connectivity index (χ2v) is 3.64. The van der Waals surface area contributed by atoms with Crippen LogP contribution >= 0.6 is 0 Å². The average Bonchev–Trinajstić information content (AvgIpc) is 2.89. The Morgan fingerprint density at radius 2 is 2.44 bits per heavy atom. The van der Waals surface area contributed by atoms with Crippen molar-refractivity contribution in [2.75, 3.05) is 6.54 Å². The van der Waals surface area contributed by atoms with Crippen molar-refractivity contribution in [2.24, 2.45) is 7.05 Å². The molecule has 0 aromatic carbocycles. The molecule has 0 saturated carbocycles. The lowest BCUT2D eigenvalue weighted by Crippen LogP contribution is -2.21. The molecule has 16 heavy (non-hydrogen) atoms.